The average Bonchev–Trinajstić information content (AvgIpc) is 3.28. The number of nitrogens with zero attached hydrogens (tertiary/aromatic N) is 3. The number of carbonyl (C=O) groups is 4. The van der Waals surface area contributed by atoms with Gasteiger partial charge in [-0.15, -0.1) is 0 Å². The number of hydrogen-bond acceptors (Lipinski definition) is 5. The zero-order valence-corrected chi connectivity index (χ0v) is 15.6. The third kappa shape index (κ3) is 2.88. The summed E-state index contributed by atoms with van der Waals surface area (Å²) in [6, 6.07) is 6.31. The summed E-state index contributed by atoms with van der Waals surface area (Å²) in [5, 5.41) is 2.29. The molecule has 0 aliphatic carbocycles. The first-order chi connectivity index (χ1) is 14.0. The van der Waals surface area contributed by atoms with Crippen molar-refractivity contribution in [3.05, 3.63) is 64.5 Å². The Balaban J connectivity index is 1.36. The number of aromatic nitrogens is 1. The number of rotatable bonds is 2. The fourth-order valence-corrected chi connectivity index (χ4v) is 4.25. The van der Waals surface area contributed by atoms with Crippen LogP contribution >= 0.6 is 0 Å². The topological polar surface area (TPSA) is 99.7 Å². The van der Waals surface area contributed by atoms with E-state index in [9.17, 15) is 19.2 Å². The molecule has 8 heteroatoms. The largest absolute Gasteiger partial charge is 0.330 e. The molecule has 1 unspecified atom stereocenters. The predicted octanol–water partition coefficient (Wildman–Crippen LogP) is 0.999. The molecule has 2 aromatic rings. The summed E-state index contributed by atoms with van der Waals surface area (Å²) in [5.74, 6) is -1.10. The Morgan fingerprint density at radius 3 is 2.66 bits per heavy atom. The molecule has 29 heavy (non-hydrogen) atoms. The molecular formula is C21H18N4O4. The molecule has 1 saturated heterocycles. The molecule has 1 atom stereocenters. The zero-order chi connectivity index (χ0) is 20.1. The van der Waals surface area contributed by atoms with Crippen LogP contribution in [0.1, 0.15) is 50.2 Å². The van der Waals surface area contributed by atoms with Gasteiger partial charge in [0.2, 0.25) is 11.8 Å². The van der Waals surface area contributed by atoms with E-state index in [1.807, 2.05) is 6.07 Å². The Morgan fingerprint density at radius 2 is 1.86 bits per heavy atom. The number of fused-ring (bicyclic) bond motifs is 2. The fourth-order valence-electron chi connectivity index (χ4n) is 4.25. The summed E-state index contributed by atoms with van der Waals surface area (Å²) in [6.45, 7) is 1.31. The van der Waals surface area contributed by atoms with E-state index in [-0.39, 0.29) is 30.7 Å². The van der Waals surface area contributed by atoms with Gasteiger partial charge in [0, 0.05) is 49.6 Å². The Bertz CT molecular complexity index is 1060. The highest BCUT2D eigenvalue weighted by Gasteiger charge is 2.39. The molecular weight excluding hydrogens is 372 g/mol. The Hall–Kier alpha value is -3.55. The molecule has 1 N–H and O–H groups in total. The zero-order valence-electron chi connectivity index (χ0n) is 15.6. The minimum absolute atomic E-state index is 0.101. The third-order valence-corrected chi connectivity index (χ3v) is 5.78. The minimum atomic E-state index is -0.660. The van der Waals surface area contributed by atoms with Crippen molar-refractivity contribution in [2.75, 3.05) is 0 Å². The summed E-state index contributed by atoms with van der Waals surface area (Å²) in [5.41, 5.74) is 3.88. The lowest BCUT2D eigenvalue weighted by atomic mass is 10.0. The SMILES string of the molecule is O=C1CCC(N2Cc3cc(C(=O)N4Cc5ccncc5C4)ccc3C2=O)C(=O)N1. The summed E-state index contributed by atoms with van der Waals surface area (Å²) in [4.78, 5) is 56.6. The van der Waals surface area contributed by atoms with Gasteiger partial charge in [-0.05, 0) is 47.4 Å². The van der Waals surface area contributed by atoms with Crippen molar-refractivity contribution >= 4 is 23.6 Å². The lowest BCUT2D eigenvalue weighted by molar-refractivity contribution is -0.136. The molecule has 3 aliphatic rings. The Labute approximate surface area is 166 Å². The van der Waals surface area contributed by atoms with E-state index in [0.29, 0.717) is 30.6 Å². The number of nitrogens with one attached hydrogen (secondary N) is 1. The van der Waals surface area contributed by atoms with Crippen LogP contribution in [0.5, 0.6) is 0 Å². The fraction of sp³-hybridized carbons (Fsp3) is 0.286. The second-order valence-electron chi connectivity index (χ2n) is 7.58. The number of piperidine rings is 1. The van der Waals surface area contributed by atoms with Gasteiger partial charge in [-0.2, -0.15) is 0 Å². The lowest BCUT2D eigenvalue weighted by Crippen LogP contribution is -2.52. The third-order valence-electron chi connectivity index (χ3n) is 5.78. The van der Waals surface area contributed by atoms with Crippen molar-refractivity contribution in [2.24, 2.45) is 0 Å². The highest BCUT2D eigenvalue weighted by atomic mass is 16.2. The second-order valence-corrected chi connectivity index (χ2v) is 7.58. The van der Waals surface area contributed by atoms with Crippen molar-refractivity contribution in [3.8, 4) is 0 Å². The van der Waals surface area contributed by atoms with E-state index in [2.05, 4.69) is 10.3 Å². The highest BCUT2D eigenvalue weighted by molar-refractivity contribution is 6.06. The molecule has 5 rings (SSSR count). The Morgan fingerprint density at radius 1 is 1.03 bits per heavy atom. The first-order valence-electron chi connectivity index (χ1n) is 9.50. The second kappa shape index (κ2) is 6.51. The van der Waals surface area contributed by atoms with Crippen LogP contribution in [0.15, 0.2) is 36.7 Å². The number of benzene rings is 1. The predicted molar refractivity (Wildman–Crippen MR) is 100 cm³/mol. The maximum Gasteiger partial charge on any atom is 0.255 e. The van der Waals surface area contributed by atoms with Crippen LogP contribution in [0.2, 0.25) is 0 Å². The first-order valence-corrected chi connectivity index (χ1v) is 9.50. The molecule has 8 nitrogen and oxygen atoms in total. The Kier molecular flexibility index (Phi) is 3.94. The molecule has 1 aromatic carbocycles. The molecule has 3 aliphatic heterocycles. The maximum atomic E-state index is 13.0. The van der Waals surface area contributed by atoms with E-state index < -0.39 is 11.9 Å². The smallest absolute Gasteiger partial charge is 0.255 e. The van der Waals surface area contributed by atoms with Crippen molar-refractivity contribution in [2.45, 2.75) is 38.5 Å². The van der Waals surface area contributed by atoms with E-state index in [4.69, 9.17) is 0 Å². The molecule has 4 heterocycles. The summed E-state index contributed by atoms with van der Waals surface area (Å²) < 4.78 is 0. The van der Waals surface area contributed by atoms with Crippen LogP contribution in [-0.2, 0) is 29.2 Å². The van der Waals surface area contributed by atoms with Gasteiger partial charge >= 0.3 is 0 Å². The van der Waals surface area contributed by atoms with Crippen molar-refractivity contribution in [1.82, 2.24) is 20.1 Å². The quantitative estimate of drug-likeness (QED) is 0.771. The molecule has 0 radical (unpaired) electrons. The lowest BCUT2D eigenvalue weighted by Gasteiger charge is -2.29. The van der Waals surface area contributed by atoms with Crippen LogP contribution in [-0.4, -0.2) is 44.5 Å². The van der Waals surface area contributed by atoms with Crippen LogP contribution in [0, 0.1) is 0 Å². The monoisotopic (exact) mass is 390 g/mol. The average molecular weight is 390 g/mol. The molecule has 146 valence electrons. The number of amides is 4. The van der Waals surface area contributed by atoms with Gasteiger partial charge in [0.1, 0.15) is 6.04 Å². The van der Waals surface area contributed by atoms with Crippen molar-refractivity contribution < 1.29 is 19.2 Å². The van der Waals surface area contributed by atoms with E-state index >= 15 is 0 Å². The maximum absolute atomic E-state index is 13.0. The van der Waals surface area contributed by atoms with Gasteiger partial charge in [-0.1, -0.05) is 0 Å². The summed E-state index contributed by atoms with van der Waals surface area (Å²) in [7, 11) is 0. The number of pyridine rings is 1. The van der Waals surface area contributed by atoms with Crippen LogP contribution in [0.3, 0.4) is 0 Å². The molecule has 4 amide bonds. The number of imide groups is 1. The number of carbonyl (C=O) groups excluding carboxylic acids is 4. The van der Waals surface area contributed by atoms with Gasteiger partial charge < -0.3 is 9.80 Å². The first kappa shape index (κ1) is 17.5. The van der Waals surface area contributed by atoms with Gasteiger partial charge in [-0.25, -0.2) is 0 Å². The molecule has 1 aromatic heterocycles. The normalized spacial score (nSPS) is 20.6. The minimum Gasteiger partial charge on any atom is -0.330 e. The van der Waals surface area contributed by atoms with Crippen LogP contribution in [0.25, 0.3) is 0 Å². The van der Waals surface area contributed by atoms with Gasteiger partial charge in [-0.3, -0.25) is 29.5 Å². The van der Waals surface area contributed by atoms with E-state index in [0.717, 1.165) is 16.7 Å². The molecule has 0 bridgehead atoms. The standard InChI is InChI=1S/C21H18N4O4/c26-18-4-3-17(19(27)23-18)25-11-14-7-12(1-2-16(14)21(25)29)20(28)24-9-13-5-6-22-8-15(13)10-24/h1-2,5-8,17H,3-4,9-11H2,(H,23,26,27). The van der Waals surface area contributed by atoms with Crippen molar-refractivity contribution in [1.29, 1.82) is 0 Å². The summed E-state index contributed by atoms with van der Waals surface area (Å²) in [6.07, 6.45) is 4.03. The number of hydrogen-bond donors (Lipinski definition) is 1. The van der Waals surface area contributed by atoms with Crippen LogP contribution < -0.4 is 5.32 Å². The van der Waals surface area contributed by atoms with Crippen molar-refractivity contribution in [3.63, 3.8) is 0 Å². The van der Waals surface area contributed by atoms with Crippen LogP contribution in [0.4, 0.5) is 0 Å². The molecule has 0 saturated carbocycles. The van der Waals surface area contributed by atoms with Gasteiger partial charge in [0.05, 0.1) is 0 Å². The van der Waals surface area contributed by atoms with Gasteiger partial charge in [0.25, 0.3) is 11.8 Å². The molecule has 0 spiro atoms. The highest BCUT2D eigenvalue weighted by Crippen LogP contribution is 2.29. The van der Waals surface area contributed by atoms with E-state index in [1.165, 1.54) is 4.90 Å². The summed E-state index contributed by atoms with van der Waals surface area (Å²) >= 11 is 0. The van der Waals surface area contributed by atoms with Gasteiger partial charge in [0.15, 0.2) is 0 Å². The van der Waals surface area contributed by atoms with E-state index in [1.54, 1.807) is 35.5 Å². The molecule has 1 fully saturated rings.